The van der Waals surface area contributed by atoms with E-state index < -0.39 is 35.2 Å². The molecule has 1 aromatic carbocycles. The Morgan fingerprint density at radius 2 is 1.47 bits per heavy atom. The summed E-state index contributed by atoms with van der Waals surface area (Å²) in [7, 11) is 0. The molecule has 30 heavy (non-hydrogen) atoms. The van der Waals surface area contributed by atoms with E-state index in [1.54, 1.807) is 38.1 Å². The lowest BCUT2D eigenvalue weighted by atomic mass is 9.94. The van der Waals surface area contributed by atoms with Crippen molar-refractivity contribution in [2.45, 2.75) is 32.7 Å². The summed E-state index contributed by atoms with van der Waals surface area (Å²) < 4.78 is 9.95. The lowest BCUT2D eigenvalue weighted by Crippen LogP contribution is -2.60. The molecule has 0 atom stereocenters. The smallest absolute Gasteiger partial charge is 0.344 e. The highest BCUT2D eigenvalue weighted by atomic mass is 16.6. The standard InChI is InChI=1S/C21H24N2O7/c1-4-29-19(27)21(22-14(3)24,20(28)30-5-2)12-8-9-13-23-17(25)15-10-6-7-11-16(15)18(23)26/h6-11H,4-5,12-13H2,1-3H3,(H,22,24)/b9-8+. The highest BCUT2D eigenvalue weighted by Crippen LogP contribution is 2.22. The summed E-state index contributed by atoms with van der Waals surface area (Å²) in [6, 6.07) is 6.48. The van der Waals surface area contributed by atoms with Crippen LogP contribution in [0, 0.1) is 0 Å². The molecule has 9 heteroatoms. The Morgan fingerprint density at radius 1 is 0.967 bits per heavy atom. The van der Waals surface area contributed by atoms with Crippen molar-refractivity contribution in [3.63, 3.8) is 0 Å². The van der Waals surface area contributed by atoms with E-state index in [9.17, 15) is 24.0 Å². The highest BCUT2D eigenvalue weighted by molar-refractivity contribution is 6.21. The second-order valence-electron chi connectivity index (χ2n) is 6.47. The van der Waals surface area contributed by atoms with Crippen LogP contribution in [0.5, 0.6) is 0 Å². The first-order valence-electron chi connectivity index (χ1n) is 9.51. The number of fused-ring (bicyclic) bond motifs is 1. The Bertz CT molecular complexity index is 838. The maximum absolute atomic E-state index is 12.5. The van der Waals surface area contributed by atoms with Gasteiger partial charge in [0.1, 0.15) is 0 Å². The first-order chi connectivity index (χ1) is 14.3. The van der Waals surface area contributed by atoms with Crippen LogP contribution in [-0.4, -0.2) is 59.9 Å². The molecule has 2 rings (SSSR count). The number of hydrogen-bond donors (Lipinski definition) is 1. The molecule has 0 fully saturated rings. The SMILES string of the molecule is CCOC(=O)C(C/C=C/CN1C(=O)c2ccccc2C1=O)(NC(C)=O)C(=O)OCC. The summed E-state index contributed by atoms with van der Waals surface area (Å²) in [5.41, 5.74) is -1.42. The minimum absolute atomic E-state index is 0.00166. The van der Waals surface area contributed by atoms with Crippen LogP contribution in [0.3, 0.4) is 0 Å². The van der Waals surface area contributed by atoms with Crippen molar-refractivity contribution in [2.75, 3.05) is 19.8 Å². The van der Waals surface area contributed by atoms with Crippen molar-refractivity contribution in [2.24, 2.45) is 0 Å². The number of hydrogen-bond acceptors (Lipinski definition) is 7. The first-order valence-corrected chi connectivity index (χ1v) is 9.51. The molecule has 1 N–H and O–H groups in total. The average molecular weight is 416 g/mol. The maximum atomic E-state index is 12.5. The van der Waals surface area contributed by atoms with Crippen LogP contribution in [0.4, 0.5) is 0 Å². The molecular weight excluding hydrogens is 392 g/mol. The van der Waals surface area contributed by atoms with Crippen molar-refractivity contribution < 1.29 is 33.4 Å². The Morgan fingerprint density at radius 3 is 1.90 bits per heavy atom. The Kier molecular flexibility index (Phi) is 7.46. The third-order valence-electron chi connectivity index (χ3n) is 4.39. The lowest BCUT2D eigenvalue weighted by Gasteiger charge is -2.28. The molecule has 9 nitrogen and oxygen atoms in total. The topological polar surface area (TPSA) is 119 Å². The molecule has 1 aliphatic rings. The summed E-state index contributed by atoms with van der Waals surface area (Å²) in [6.45, 7) is 4.24. The van der Waals surface area contributed by atoms with Crippen molar-refractivity contribution in [1.29, 1.82) is 0 Å². The monoisotopic (exact) mass is 416 g/mol. The van der Waals surface area contributed by atoms with Gasteiger partial charge in [0.25, 0.3) is 11.8 Å². The van der Waals surface area contributed by atoms with Gasteiger partial charge in [-0.15, -0.1) is 0 Å². The van der Waals surface area contributed by atoms with Crippen molar-refractivity contribution in [3.8, 4) is 0 Å². The van der Waals surface area contributed by atoms with Gasteiger partial charge in [-0.05, 0) is 26.0 Å². The number of amides is 3. The molecule has 0 bridgehead atoms. The summed E-state index contributed by atoms with van der Waals surface area (Å²) >= 11 is 0. The van der Waals surface area contributed by atoms with E-state index in [1.165, 1.54) is 12.2 Å². The largest absolute Gasteiger partial charge is 0.464 e. The number of nitrogens with zero attached hydrogens (tertiary/aromatic N) is 1. The molecule has 0 radical (unpaired) electrons. The van der Waals surface area contributed by atoms with Crippen LogP contribution in [0.15, 0.2) is 36.4 Å². The van der Waals surface area contributed by atoms with E-state index in [4.69, 9.17) is 9.47 Å². The van der Waals surface area contributed by atoms with Crippen LogP contribution >= 0.6 is 0 Å². The van der Waals surface area contributed by atoms with E-state index in [0.29, 0.717) is 11.1 Å². The first kappa shape index (κ1) is 22.8. The van der Waals surface area contributed by atoms with Crippen LogP contribution in [-0.2, 0) is 23.9 Å². The van der Waals surface area contributed by atoms with E-state index >= 15 is 0 Å². The van der Waals surface area contributed by atoms with Crippen LogP contribution in [0.2, 0.25) is 0 Å². The number of nitrogens with one attached hydrogen (secondary N) is 1. The lowest BCUT2D eigenvalue weighted by molar-refractivity contribution is -0.167. The van der Waals surface area contributed by atoms with Crippen molar-refractivity contribution in [1.82, 2.24) is 10.2 Å². The van der Waals surface area contributed by atoms with Crippen LogP contribution in [0.25, 0.3) is 0 Å². The third kappa shape index (κ3) is 4.56. The molecule has 1 aromatic rings. The molecule has 0 aliphatic carbocycles. The molecule has 0 spiro atoms. The predicted octanol–water partition coefficient (Wildman–Crippen LogP) is 1.23. The van der Waals surface area contributed by atoms with Crippen LogP contribution in [0.1, 0.15) is 47.9 Å². The minimum Gasteiger partial charge on any atom is -0.464 e. The van der Waals surface area contributed by atoms with Gasteiger partial charge >= 0.3 is 11.9 Å². The van der Waals surface area contributed by atoms with Gasteiger partial charge < -0.3 is 14.8 Å². The summed E-state index contributed by atoms with van der Waals surface area (Å²) in [6.07, 6.45) is 2.62. The fraction of sp³-hybridized carbons (Fsp3) is 0.381. The zero-order valence-corrected chi connectivity index (χ0v) is 17.1. The van der Waals surface area contributed by atoms with Gasteiger partial charge in [0.2, 0.25) is 11.4 Å². The number of carbonyl (C=O) groups excluding carboxylic acids is 5. The fourth-order valence-electron chi connectivity index (χ4n) is 3.06. The number of carbonyl (C=O) groups is 5. The average Bonchev–Trinajstić information content (AvgIpc) is 2.95. The zero-order valence-electron chi connectivity index (χ0n) is 17.1. The molecule has 0 saturated carbocycles. The van der Waals surface area contributed by atoms with Gasteiger partial charge in [-0.1, -0.05) is 24.3 Å². The van der Waals surface area contributed by atoms with Crippen molar-refractivity contribution in [3.05, 3.63) is 47.5 Å². The van der Waals surface area contributed by atoms with E-state index in [1.807, 2.05) is 0 Å². The number of esters is 2. The van der Waals surface area contributed by atoms with Gasteiger partial charge in [0.15, 0.2) is 0 Å². The number of imide groups is 1. The van der Waals surface area contributed by atoms with Crippen molar-refractivity contribution >= 4 is 29.7 Å². The molecule has 160 valence electrons. The molecule has 1 aliphatic heterocycles. The highest BCUT2D eigenvalue weighted by Gasteiger charge is 2.49. The number of rotatable bonds is 9. The second-order valence-corrected chi connectivity index (χ2v) is 6.47. The Labute approximate surface area is 174 Å². The summed E-state index contributed by atoms with van der Waals surface area (Å²) in [5, 5.41) is 2.34. The Hall–Kier alpha value is -3.49. The van der Waals surface area contributed by atoms with Gasteiger partial charge in [0, 0.05) is 19.9 Å². The third-order valence-corrected chi connectivity index (χ3v) is 4.39. The minimum atomic E-state index is -2.06. The van der Waals surface area contributed by atoms with E-state index in [0.717, 1.165) is 11.8 Å². The second kappa shape index (κ2) is 9.82. The van der Waals surface area contributed by atoms with Gasteiger partial charge in [-0.2, -0.15) is 0 Å². The van der Waals surface area contributed by atoms with Gasteiger partial charge in [-0.3, -0.25) is 19.3 Å². The molecule has 0 saturated heterocycles. The van der Waals surface area contributed by atoms with E-state index in [-0.39, 0.29) is 26.2 Å². The molecule has 0 unspecified atom stereocenters. The molecule has 0 aromatic heterocycles. The predicted molar refractivity (Wildman–Crippen MR) is 105 cm³/mol. The van der Waals surface area contributed by atoms with Gasteiger partial charge in [-0.25, -0.2) is 9.59 Å². The molecule has 1 heterocycles. The molecule has 3 amide bonds. The maximum Gasteiger partial charge on any atom is 0.344 e. The van der Waals surface area contributed by atoms with Crippen LogP contribution < -0.4 is 5.32 Å². The quantitative estimate of drug-likeness (QED) is 0.278. The molecular formula is C21H24N2O7. The zero-order chi connectivity index (χ0) is 22.3. The number of ether oxygens (including phenoxy) is 2. The van der Waals surface area contributed by atoms with E-state index in [2.05, 4.69) is 5.32 Å². The fourth-order valence-corrected chi connectivity index (χ4v) is 3.06. The Balaban J connectivity index is 2.20. The summed E-state index contributed by atoms with van der Waals surface area (Å²) in [5.74, 6) is -3.38. The van der Waals surface area contributed by atoms with Gasteiger partial charge in [0.05, 0.1) is 24.3 Å². The normalized spacial score (nSPS) is 13.4. The number of benzene rings is 1. The summed E-state index contributed by atoms with van der Waals surface area (Å²) in [4.78, 5) is 62.6.